The first-order chi connectivity index (χ1) is 10.3. The van der Waals surface area contributed by atoms with Crippen molar-refractivity contribution in [3.05, 3.63) is 90.0 Å². The van der Waals surface area contributed by atoms with E-state index in [9.17, 15) is 5.11 Å². The lowest BCUT2D eigenvalue weighted by Crippen LogP contribution is -1.89. The molecule has 0 saturated heterocycles. The van der Waals surface area contributed by atoms with Crippen LogP contribution in [-0.4, -0.2) is 5.11 Å². The highest BCUT2D eigenvalue weighted by atomic mass is 16.5. The average molecular weight is 276 g/mol. The van der Waals surface area contributed by atoms with Crippen molar-refractivity contribution in [3.8, 4) is 17.2 Å². The number of hydrogen-bond acceptors (Lipinski definition) is 2. The minimum absolute atomic E-state index is 0.292. The summed E-state index contributed by atoms with van der Waals surface area (Å²) in [6.45, 7) is 0. The lowest BCUT2D eigenvalue weighted by molar-refractivity contribution is 0.475. The van der Waals surface area contributed by atoms with Gasteiger partial charge in [0, 0.05) is 0 Å². The van der Waals surface area contributed by atoms with Gasteiger partial charge in [-0.2, -0.15) is 0 Å². The van der Waals surface area contributed by atoms with Gasteiger partial charge in [0.2, 0.25) is 0 Å². The number of phenolic OH excluding ortho intramolecular Hbond substituents is 1. The summed E-state index contributed by atoms with van der Waals surface area (Å²) in [5, 5.41) is 9.31. The van der Waals surface area contributed by atoms with Crippen molar-refractivity contribution in [2.24, 2.45) is 0 Å². The second kappa shape index (κ2) is 6.14. The van der Waals surface area contributed by atoms with E-state index in [1.165, 1.54) is 5.56 Å². The fourth-order valence-corrected chi connectivity index (χ4v) is 2.19. The number of phenols is 1. The molecule has 0 fully saturated rings. The van der Waals surface area contributed by atoms with Gasteiger partial charge in [0.15, 0.2) is 0 Å². The Morgan fingerprint density at radius 3 is 2.14 bits per heavy atom. The highest BCUT2D eigenvalue weighted by Crippen LogP contribution is 2.23. The molecule has 0 aliphatic heterocycles. The van der Waals surface area contributed by atoms with E-state index in [-0.39, 0.29) is 0 Å². The van der Waals surface area contributed by atoms with Crippen molar-refractivity contribution >= 4 is 0 Å². The van der Waals surface area contributed by atoms with Gasteiger partial charge in [-0.15, -0.1) is 0 Å². The maximum Gasteiger partial charge on any atom is 0.127 e. The molecule has 3 rings (SSSR count). The molecule has 104 valence electrons. The van der Waals surface area contributed by atoms with Gasteiger partial charge in [-0.05, 0) is 53.9 Å². The fraction of sp³-hybridized carbons (Fsp3) is 0.0526. The second-order valence-corrected chi connectivity index (χ2v) is 4.91. The highest BCUT2D eigenvalue weighted by molar-refractivity contribution is 5.37. The van der Waals surface area contributed by atoms with E-state index in [1.807, 2.05) is 60.7 Å². The van der Waals surface area contributed by atoms with Crippen LogP contribution in [-0.2, 0) is 6.42 Å². The molecule has 0 amide bonds. The molecule has 0 spiro atoms. The molecule has 0 aliphatic rings. The van der Waals surface area contributed by atoms with Crippen LogP contribution in [0.25, 0.3) is 0 Å². The van der Waals surface area contributed by atoms with Crippen molar-refractivity contribution in [1.82, 2.24) is 0 Å². The molecular weight excluding hydrogens is 260 g/mol. The zero-order valence-electron chi connectivity index (χ0n) is 11.6. The lowest BCUT2D eigenvalue weighted by atomic mass is 10.0. The summed E-state index contributed by atoms with van der Waals surface area (Å²) in [5.74, 6) is 1.96. The molecule has 0 aromatic heterocycles. The van der Waals surface area contributed by atoms with Gasteiger partial charge in [0.1, 0.15) is 17.2 Å². The van der Waals surface area contributed by atoms with Crippen LogP contribution in [0.15, 0.2) is 78.9 Å². The van der Waals surface area contributed by atoms with Crippen LogP contribution in [0.5, 0.6) is 17.2 Å². The zero-order valence-corrected chi connectivity index (χ0v) is 11.6. The minimum Gasteiger partial charge on any atom is -0.508 e. The Morgan fingerprint density at radius 1 is 0.667 bits per heavy atom. The molecule has 0 atom stereocenters. The molecule has 21 heavy (non-hydrogen) atoms. The Bertz CT molecular complexity index is 703. The van der Waals surface area contributed by atoms with Crippen LogP contribution < -0.4 is 4.74 Å². The van der Waals surface area contributed by atoms with E-state index in [4.69, 9.17) is 4.74 Å². The van der Waals surface area contributed by atoms with Gasteiger partial charge in [-0.25, -0.2) is 0 Å². The fourth-order valence-electron chi connectivity index (χ4n) is 2.19. The largest absolute Gasteiger partial charge is 0.508 e. The average Bonchev–Trinajstić information content (AvgIpc) is 2.51. The van der Waals surface area contributed by atoms with E-state index < -0.39 is 0 Å². The van der Waals surface area contributed by atoms with E-state index in [0.717, 1.165) is 23.5 Å². The second-order valence-electron chi connectivity index (χ2n) is 4.91. The molecule has 0 radical (unpaired) electrons. The molecule has 0 bridgehead atoms. The van der Waals surface area contributed by atoms with Gasteiger partial charge in [0.05, 0.1) is 0 Å². The monoisotopic (exact) mass is 276 g/mol. The Balaban J connectivity index is 1.75. The van der Waals surface area contributed by atoms with Gasteiger partial charge in [0.25, 0.3) is 0 Å². The van der Waals surface area contributed by atoms with E-state index in [1.54, 1.807) is 12.1 Å². The predicted octanol–water partition coefficient (Wildman–Crippen LogP) is 4.78. The van der Waals surface area contributed by atoms with Gasteiger partial charge in [-0.1, -0.05) is 42.5 Å². The highest BCUT2D eigenvalue weighted by Gasteiger charge is 2.01. The molecular formula is C19H16O2. The molecule has 0 aliphatic carbocycles. The summed E-state index contributed by atoms with van der Waals surface area (Å²) in [7, 11) is 0. The predicted molar refractivity (Wildman–Crippen MR) is 83.9 cm³/mol. The number of rotatable bonds is 4. The van der Waals surface area contributed by atoms with E-state index in [0.29, 0.717) is 5.75 Å². The molecule has 0 unspecified atom stereocenters. The molecule has 0 saturated carbocycles. The van der Waals surface area contributed by atoms with Gasteiger partial charge < -0.3 is 9.84 Å². The molecule has 3 aromatic carbocycles. The van der Waals surface area contributed by atoms with Crippen LogP contribution >= 0.6 is 0 Å². The molecule has 3 aromatic rings. The SMILES string of the molecule is Oc1ccc(Cc2cccc(Oc3ccccc3)c2)cc1. The van der Waals surface area contributed by atoms with E-state index >= 15 is 0 Å². The van der Waals surface area contributed by atoms with E-state index in [2.05, 4.69) is 6.07 Å². The van der Waals surface area contributed by atoms with Crippen LogP contribution in [0.4, 0.5) is 0 Å². The first kappa shape index (κ1) is 13.3. The summed E-state index contributed by atoms with van der Waals surface area (Å²) in [4.78, 5) is 0. The summed E-state index contributed by atoms with van der Waals surface area (Å²) < 4.78 is 5.84. The summed E-state index contributed by atoms with van der Waals surface area (Å²) in [6, 6.07) is 25.1. The number of aromatic hydroxyl groups is 1. The zero-order chi connectivity index (χ0) is 14.5. The molecule has 2 nitrogen and oxygen atoms in total. The Hall–Kier alpha value is -2.74. The van der Waals surface area contributed by atoms with Gasteiger partial charge in [-0.3, -0.25) is 0 Å². The van der Waals surface area contributed by atoms with Crippen molar-refractivity contribution in [3.63, 3.8) is 0 Å². The van der Waals surface area contributed by atoms with Crippen LogP contribution in [0.1, 0.15) is 11.1 Å². The quantitative estimate of drug-likeness (QED) is 0.743. The maximum absolute atomic E-state index is 9.31. The summed E-state index contributed by atoms with van der Waals surface area (Å²) >= 11 is 0. The van der Waals surface area contributed by atoms with Crippen molar-refractivity contribution < 1.29 is 9.84 Å². The summed E-state index contributed by atoms with van der Waals surface area (Å²) in [6.07, 6.45) is 0.812. The number of para-hydroxylation sites is 1. The first-order valence-corrected chi connectivity index (χ1v) is 6.89. The molecule has 2 heteroatoms. The Morgan fingerprint density at radius 2 is 1.38 bits per heavy atom. The Labute approximate surface area is 124 Å². The minimum atomic E-state index is 0.292. The molecule has 0 heterocycles. The normalized spacial score (nSPS) is 10.3. The standard InChI is InChI=1S/C19H16O2/c20-17-11-9-15(10-12-17)13-16-5-4-8-19(14-16)21-18-6-2-1-3-7-18/h1-12,14,20H,13H2. The molecule has 1 N–H and O–H groups in total. The number of benzene rings is 3. The third-order valence-corrected chi connectivity index (χ3v) is 3.22. The smallest absolute Gasteiger partial charge is 0.127 e. The number of hydrogen-bond donors (Lipinski definition) is 1. The van der Waals surface area contributed by atoms with Crippen LogP contribution in [0.3, 0.4) is 0 Å². The third kappa shape index (κ3) is 3.63. The maximum atomic E-state index is 9.31. The summed E-state index contributed by atoms with van der Waals surface area (Å²) in [5.41, 5.74) is 2.33. The van der Waals surface area contributed by atoms with Crippen LogP contribution in [0, 0.1) is 0 Å². The van der Waals surface area contributed by atoms with Gasteiger partial charge >= 0.3 is 0 Å². The first-order valence-electron chi connectivity index (χ1n) is 6.89. The third-order valence-electron chi connectivity index (χ3n) is 3.22. The lowest BCUT2D eigenvalue weighted by Gasteiger charge is -2.08. The topological polar surface area (TPSA) is 29.5 Å². The Kier molecular flexibility index (Phi) is 3.88. The number of ether oxygens (including phenoxy) is 1. The van der Waals surface area contributed by atoms with Crippen LogP contribution in [0.2, 0.25) is 0 Å². The van der Waals surface area contributed by atoms with Crippen molar-refractivity contribution in [2.45, 2.75) is 6.42 Å². The van der Waals surface area contributed by atoms with Crippen molar-refractivity contribution in [1.29, 1.82) is 0 Å². The van der Waals surface area contributed by atoms with Crippen molar-refractivity contribution in [2.75, 3.05) is 0 Å².